The Morgan fingerprint density at radius 1 is 1.47 bits per heavy atom. The minimum atomic E-state index is -0.788. The first-order chi connectivity index (χ1) is 7.02. The summed E-state index contributed by atoms with van der Waals surface area (Å²) in [5, 5.41) is 10.4. The second-order valence-electron chi connectivity index (χ2n) is 4.19. The highest BCUT2D eigenvalue weighted by Gasteiger charge is 2.29. The Labute approximate surface area is 91.9 Å². The van der Waals surface area contributed by atoms with Gasteiger partial charge < -0.3 is 9.84 Å². The molecule has 0 saturated heterocycles. The molecule has 2 atom stereocenters. The molecule has 0 aromatic heterocycles. The molecule has 0 aliphatic carbocycles. The van der Waals surface area contributed by atoms with Crippen molar-refractivity contribution >= 4 is 0 Å². The molecule has 2 unspecified atom stereocenters. The monoisotopic (exact) mass is 208 g/mol. The van der Waals surface area contributed by atoms with E-state index in [0.29, 0.717) is 0 Å². The molecular weight excluding hydrogens is 188 g/mol. The van der Waals surface area contributed by atoms with E-state index in [2.05, 4.69) is 13.8 Å². The number of benzene rings is 1. The molecule has 0 heterocycles. The maximum Gasteiger partial charge on any atom is 0.119 e. The van der Waals surface area contributed by atoms with Crippen molar-refractivity contribution in [3.63, 3.8) is 0 Å². The first-order valence-corrected chi connectivity index (χ1v) is 5.39. The molecule has 2 nitrogen and oxygen atoms in total. The van der Waals surface area contributed by atoms with Crippen molar-refractivity contribution in [1.29, 1.82) is 0 Å². The van der Waals surface area contributed by atoms with Crippen molar-refractivity contribution in [2.24, 2.45) is 5.92 Å². The van der Waals surface area contributed by atoms with Gasteiger partial charge in [0.2, 0.25) is 0 Å². The average molecular weight is 208 g/mol. The van der Waals surface area contributed by atoms with Crippen molar-refractivity contribution < 1.29 is 9.84 Å². The van der Waals surface area contributed by atoms with Crippen molar-refractivity contribution in [1.82, 2.24) is 0 Å². The molecule has 0 bridgehead atoms. The molecule has 1 rings (SSSR count). The molecule has 0 aliphatic rings. The topological polar surface area (TPSA) is 29.5 Å². The van der Waals surface area contributed by atoms with Crippen LogP contribution in [0.3, 0.4) is 0 Å². The highest BCUT2D eigenvalue weighted by molar-refractivity contribution is 5.32. The second-order valence-corrected chi connectivity index (χ2v) is 4.19. The van der Waals surface area contributed by atoms with Crippen LogP contribution in [0.2, 0.25) is 0 Å². The van der Waals surface area contributed by atoms with E-state index in [-0.39, 0.29) is 5.92 Å². The predicted octanol–water partition coefficient (Wildman–Crippen LogP) is 2.95. The van der Waals surface area contributed by atoms with E-state index in [0.717, 1.165) is 17.7 Å². The molecular formula is C13H20O2. The maximum absolute atomic E-state index is 10.4. The number of aliphatic hydroxyl groups is 1. The minimum Gasteiger partial charge on any atom is -0.497 e. The van der Waals surface area contributed by atoms with Crippen molar-refractivity contribution in [3.05, 3.63) is 29.8 Å². The Morgan fingerprint density at radius 3 is 2.67 bits per heavy atom. The van der Waals surface area contributed by atoms with E-state index in [1.165, 1.54) is 0 Å². The van der Waals surface area contributed by atoms with E-state index in [4.69, 9.17) is 4.74 Å². The summed E-state index contributed by atoms with van der Waals surface area (Å²) in [5.41, 5.74) is 0.125. The SMILES string of the molecule is CCC(C)C(C)(O)c1cccc(OC)c1. The lowest BCUT2D eigenvalue weighted by Gasteiger charge is -2.30. The lowest BCUT2D eigenvalue weighted by atomic mass is 9.82. The largest absolute Gasteiger partial charge is 0.497 e. The number of ether oxygens (including phenoxy) is 1. The zero-order chi connectivity index (χ0) is 11.5. The van der Waals surface area contributed by atoms with Gasteiger partial charge in [0.25, 0.3) is 0 Å². The second kappa shape index (κ2) is 4.67. The third-order valence-corrected chi connectivity index (χ3v) is 3.23. The van der Waals surface area contributed by atoms with Crippen LogP contribution >= 0.6 is 0 Å². The summed E-state index contributed by atoms with van der Waals surface area (Å²) in [5.74, 6) is 1.01. The molecule has 0 fully saturated rings. The maximum atomic E-state index is 10.4. The van der Waals surface area contributed by atoms with E-state index in [1.807, 2.05) is 31.2 Å². The summed E-state index contributed by atoms with van der Waals surface area (Å²) < 4.78 is 5.15. The van der Waals surface area contributed by atoms with Gasteiger partial charge in [-0.1, -0.05) is 32.4 Å². The van der Waals surface area contributed by atoms with E-state index in [9.17, 15) is 5.11 Å². The highest BCUT2D eigenvalue weighted by Crippen LogP contribution is 2.32. The van der Waals surface area contributed by atoms with Gasteiger partial charge in [0.15, 0.2) is 0 Å². The standard InChI is InChI=1S/C13H20O2/c1-5-10(2)13(3,14)11-7-6-8-12(9-11)15-4/h6-10,14H,5H2,1-4H3. The summed E-state index contributed by atoms with van der Waals surface area (Å²) in [6, 6.07) is 7.63. The zero-order valence-corrected chi connectivity index (χ0v) is 9.95. The van der Waals surface area contributed by atoms with Gasteiger partial charge in [-0.2, -0.15) is 0 Å². The molecule has 2 heteroatoms. The number of methoxy groups -OCH3 is 1. The lowest BCUT2D eigenvalue weighted by molar-refractivity contribution is -0.000145. The number of hydrogen-bond donors (Lipinski definition) is 1. The van der Waals surface area contributed by atoms with Gasteiger partial charge >= 0.3 is 0 Å². The van der Waals surface area contributed by atoms with Crippen molar-refractivity contribution in [2.75, 3.05) is 7.11 Å². The van der Waals surface area contributed by atoms with Crippen molar-refractivity contribution in [2.45, 2.75) is 32.8 Å². The van der Waals surface area contributed by atoms with Crippen LogP contribution < -0.4 is 4.74 Å². The van der Waals surface area contributed by atoms with Gasteiger partial charge in [-0.05, 0) is 30.5 Å². The third-order valence-electron chi connectivity index (χ3n) is 3.23. The van der Waals surface area contributed by atoms with E-state index >= 15 is 0 Å². The van der Waals surface area contributed by atoms with Crippen LogP contribution in [0, 0.1) is 5.92 Å². The summed E-state index contributed by atoms with van der Waals surface area (Å²) in [6.07, 6.45) is 0.949. The van der Waals surface area contributed by atoms with Gasteiger partial charge in [-0.15, -0.1) is 0 Å². The first-order valence-electron chi connectivity index (χ1n) is 5.39. The van der Waals surface area contributed by atoms with E-state index < -0.39 is 5.60 Å². The molecule has 0 radical (unpaired) electrons. The Balaban J connectivity index is 3.03. The molecule has 1 N–H and O–H groups in total. The van der Waals surface area contributed by atoms with E-state index in [1.54, 1.807) is 7.11 Å². The third kappa shape index (κ3) is 2.51. The molecule has 1 aromatic carbocycles. The van der Waals surface area contributed by atoms with Crippen LogP contribution in [0.25, 0.3) is 0 Å². The number of rotatable bonds is 4. The van der Waals surface area contributed by atoms with Crippen LogP contribution in [-0.2, 0) is 5.60 Å². The van der Waals surface area contributed by atoms with Gasteiger partial charge in [0.1, 0.15) is 5.75 Å². The van der Waals surface area contributed by atoms with Crippen LogP contribution in [0.5, 0.6) is 5.75 Å². The molecule has 15 heavy (non-hydrogen) atoms. The molecule has 1 aromatic rings. The fraction of sp³-hybridized carbons (Fsp3) is 0.538. The fourth-order valence-corrected chi connectivity index (χ4v) is 1.62. The zero-order valence-electron chi connectivity index (χ0n) is 9.95. The Bertz CT molecular complexity index is 318. The number of hydrogen-bond acceptors (Lipinski definition) is 2. The minimum absolute atomic E-state index is 0.226. The summed E-state index contributed by atoms with van der Waals surface area (Å²) >= 11 is 0. The van der Waals surface area contributed by atoms with Gasteiger partial charge in [0.05, 0.1) is 12.7 Å². The molecule has 84 valence electrons. The van der Waals surface area contributed by atoms with Gasteiger partial charge in [0, 0.05) is 0 Å². The van der Waals surface area contributed by atoms with Crippen LogP contribution in [0.15, 0.2) is 24.3 Å². The molecule has 0 amide bonds. The van der Waals surface area contributed by atoms with Gasteiger partial charge in [-0.3, -0.25) is 0 Å². The summed E-state index contributed by atoms with van der Waals surface area (Å²) in [7, 11) is 1.64. The smallest absolute Gasteiger partial charge is 0.119 e. The van der Waals surface area contributed by atoms with Gasteiger partial charge in [-0.25, -0.2) is 0 Å². The highest BCUT2D eigenvalue weighted by atomic mass is 16.5. The fourth-order valence-electron chi connectivity index (χ4n) is 1.62. The van der Waals surface area contributed by atoms with Crippen LogP contribution in [0.4, 0.5) is 0 Å². The first kappa shape index (κ1) is 12.1. The average Bonchev–Trinajstić information content (AvgIpc) is 2.27. The quantitative estimate of drug-likeness (QED) is 0.824. The van der Waals surface area contributed by atoms with Crippen LogP contribution in [-0.4, -0.2) is 12.2 Å². The predicted molar refractivity (Wildman–Crippen MR) is 62.0 cm³/mol. The normalized spacial score (nSPS) is 16.9. The Hall–Kier alpha value is -1.02. The Kier molecular flexibility index (Phi) is 3.75. The summed E-state index contributed by atoms with van der Waals surface area (Å²) in [6.45, 7) is 5.99. The molecule has 0 spiro atoms. The molecule has 0 aliphatic heterocycles. The van der Waals surface area contributed by atoms with Crippen LogP contribution in [0.1, 0.15) is 32.8 Å². The Morgan fingerprint density at radius 2 is 2.13 bits per heavy atom. The molecule has 0 saturated carbocycles. The van der Waals surface area contributed by atoms with Crippen molar-refractivity contribution in [3.8, 4) is 5.75 Å². The lowest BCUT2D eigenvalue weighted by Crippen LogP contribution is -2.29. The summed E-state index contributed by atoms with van der Waals surface area (Å²) in [4.78, 5) is 0.